The molecule has 20 heavy (non-hydrogen) atoms. The van der Waals surface area contributed by atoms with Gasteiger partial charge < -0.3 is 10.2 Å². The highest BCUT2D eigenvalue weighted by Crippen LogP contribution is 2.41. The second-order valence-corrected chi connectivity index (χ2v) is 6.39. The van der Waals surface area contributed by atoms with Gasteiger partial charge in [0, 0.05) is 25.2 Å². The van der Waals surface area contributed by atoms with E-state index in [1.165, 1.54) is 0 Å². The predicted molar refractivity (Wildman–Crippen MR) is 78.6 cm³/mol. The fraction of sp³-hybridized carbons (Fsp3) is 0.533. The number of nitrogens with one attached hydrogen (secondary N) is 1. The Morgan fingerprint density at radius 1 is 1.15 bits per heavy atom. The molecule has 2 aliphatic heterocycles. The minimum Gasteiger partial charge on any atom is -0.334 e. The van der Waals surface area contributed by atoms with Gasteiger partial charge in [-0.1, -0.05) is 12.1 Å². The third-order valence-electron chi connectivity index (χ3n) is 4.95. The highest BCUT2D eigenvalue weighted by Gasteiger charge is 2.50. The molecule has 2 aliphatic rings. The number of hydrogen-bond donors (Lipinski definition) is 1. The molecule has 5 heteroatoms. The van der Waals surface area contributed by atoms with Crippen LogP contribution in [0.15, 0.2) is 24.3 Å². The minimum absolute atomic E-state index is 0.0817. The van der Waals surface area contributed by atoms with Crippen LogP contribution in [0.5, 0.6) is 0 Å². The molecular weight excluding hydrogens is 250 g/mol. The van der Waals surface area contributed by atoms with Crippen molar-refractivity contribution in [1.29, 1.82) is 0 Å². The Labute approximate surface area is 118 Å². The number of fused-ring (bicyclic) bond motifs is 2. The largest absolute Gasteiger partial charge is 0.334 e. The number of anilines is 1. The maximum absolute atomic E-state index is 4.71. The molecule has 0 radical (unpaired) electrons. The van der Waals surface area contributed by atoms with Gasteiger partial charge in [-0.25, -0.2) is 4.98 Å². The lowest BCUT2D eigenvalue weighted by Gasteiger charge is -2.35. The zero-order valence-corrected chi connectivity index (χ0v) is 11.9. The van der Waals surface area contributed by atoms with E-state index in [0.717, 1.165) is 36.6 Å². The SMILES string of the molecule is CC1(C)C2CNCC2CN1c1nnc2ccccc2n1. The molecule has 104 valence electrons. The Morgan fingerprint density at radius 3 is 2.75 bits per heavy atom. The molecule has 2 aromatic rings. The first-order chi connectivity index (χ1) is 9.66. The van der Waals surface area contributed by atoms with Crippen LogP contribution in [0.25, 0.3) is 11.0 Å². The second-order valence-electron chi connectivity index (χ2n) is 6.39. The molecule has 0 bridgehead atoms. The van der Waals surface area contributed by atoms with Crippen LogP contribution in [0.3, 0.4) is 0 Å². The van der Waals surface area contributed by atoms with Crippen molar-refractivity contribution in [2.45, 2.75) is 19.4 Å². The van der Waals surface area contributed by atoms with Crippen LogP contribution in [0.1, 0.15) is 13.8 Å². The van der Waals surface area contributed by atoms with Gasteiger partial charge in [0.1, 0.15) is 5.52 Å². The van der Waals surface area contributed by atoms with Gasteiger partial charge in [0.15, 0.2) is 0 Å². The minimum atomic E-state index is 0.0817. The number of aromatic nitrogens is 3. The molecule has 2 fully saturated rings. The van der Waals surface area contributed by atoms with Crippen LogP contribution in [-0.2, 0) is 0 Å². The van der Waals surface area contributed by atoms with Crippen LogP contribution in [0.4, 0.5) is 5.95 Å². The van der Waals surface area contributed by atoms with Crippen LogP contribution in [0, 0.1) is 11.8 Å². The molecule has 0 amide bonds. The maximum atomic E-state index is 4.71. The molecule has 0 saturated carbocycles. The summed E-state index contributed by atoms with van der Waals surface area (Å²) in [6.45, 7) is 7.80. The zero-order chi connectivity index (χ0) is 13.7. The lowest BCUT2D eigenvalue weighted by atomic mass is 9.85. The van der Waals surface area contributed by atoms with E-state index in [0.29, 0.717) is 11.8 Å². The van der Waals surface area contributed by atoms with Crippen LogP contribution in [0.2, 0.25) is 0 Å². The van der Waals surface area contributed by atoms with Crippen molar-refractivity contribution in [1.82, 2.24) is 20.5 Å². The lowest BCUT2D eigenvalue weighted by Crippen LogP contribution is -2.45. The van der Waals surface area contributed by atoms with E-state index in [4.69, 9.17) is 4.98 Å². The Hall–Kier alpha value is -1.75. The average Bonchev–Trinajstić information content (AvgIpc) is 3.01. The van der Waals surface area contributed by atoms with Crippen molar-refractivity contribution in [2.75, 3.05) is 24.5 Å². The van der Waals surface area contributed by atoms with E-state index in [2.05, 4.69) is 34.3 Å². The quantitative estimate of drug-likeness (QED) is 0.849. The van der Waals surface area contributed by atoms with Crippen LogP contribution < -0.4 is 10.2 Å². The van der Waals surface area contributed by atoms with Gasteiger partial charge >= 0.3 is 0 Å². The summed E-state index contributed by atoms with van der Waals surface area (Å²) in [5.74, 6) is 2.13. The van der Waals surface area contributed by atoms with Crippen molar-refractivity contribution in [3.05, 3.63) is 24.3 Å². The molecule has 4 rings (SSSR count). The molecule has 2 unspecified atom stereocenters. The predicted octanol–water partition coefficient (Wildman–Crippen LogP) is 1.46. The summed E-state index contributed by atoms with van der Waals surface area (Å²) in [6, 6.07) is 7.91. The van der Waals surface area contributed by atoms with Crippen LogP contribution >= 0.6 is 0 Å². The van der Waals surface area contributed by atoms with Crippen molar-refractivity contribution in [3.8, 4) is 0 Å². The van der Waals surface area contributed by atoms with Gasteiger partial charge in [0.05, 0.1) is 5.52 Å². The summed E-state index contributed by atoms with van der Waals surface area (Å²) < 4.78 is 0. The highest BCUT2D eigenvalue weighted by atomic mass is 15.4. The summed E-state index contributed by atoms with van der Waals surface area (Å²) >= 11 is 0. The zero-order valence-electron chi connectivity index (χ0n) is 11.9. The highest BCUT2D eigenvalue weighted by molar-refractivity contribution is 5.74. The lowest BCUT2D eigenvalue weighted by molar-refractivity contribution is 0.354. The molecule has 2 atom stereocenters. The first kappa shape index (κ1) is 12.0. The fourth-order valence-corrected chi connectivity index (χ4v) is 3.75. The summed E-state index contributed by atoms with van der Waals surface area (Å²) in [7, 11) is 0. The standard InChI is InChI=1S/C15H19N5/c1-15(2)11-8-16-7-10(11)9-20(15)14-17-12-5-3-4-6-13(12)18-19-14/h3-6,10-11,16H,7-9H2,1-2H3. The van der Waals surface area contributed by atoms with Crippen molar-refractivity contribution >= 4 is 17.0 Å². The second kappa shape index (κ2) is 4.12. The molecule has 2 saturated heterocycles. The first-order valence-corrected chi connectivity index (χ1v) is 7.24. The van der Waals surface area contributed by atoms with Crippen molar-refractivity contribution in [2.24, 2.45) is 11.8 Å². The summed E-state index contributed by atoms with van der Waals surface area (Å²) in [5, 5.41) is 12.2. The third-order valence-corrected chi connectivity index (χ3v) is 4.95. The first-order valence-electron chi connectivity index (χ1n) is 7.24. The summed E-state index contributed by atoms with van der Waals surface area (Å²) in [5.41, 5.74) is 1.86. The number of hydrogen-bond acceptors (Lipinski definition) is 5. The smallest absolute Gasteiger partial charge is 0.246 e. The van der Waals surface area contributed by atoms with Crippen molar-refractivity contribution < 1.29 is 0 Å². The van der Waals surface area contributed by atoms with Gasteiger partial charge in [-0.3, -0.25) is 0 Å². The fourth-order valence-electron chi connectivity index (χ4n) is 3.75. The molecular formula is C15H19N5. The Bertz CT molecular complexity index is 654. The summed E-state index contributed by atoms with van der Waals surface area (Å²) in [4.78, 5) is 7.05. The van der Waals surface area contributed by atoms with E-state index in [1.54, 1.807) is 0 Å². The van der Waals surface area contributed by atoms with E-state index in [-0.39, 0.29) is 5.54 Å². The van der Waals surface area contributed by atoms with E-state index < -0.39 is 0 Å². The number of rotatable bonds is 1. The molecule has 0 spiro atoms. The number of para-hydroxylation sites is 1. The molecule has 0 aliphatic carbocycles. The number of nitrogens with zero attached hydrogens (tertiary/aromatic N) is 4. The molecule has 1 aromatic heterocycles. The average molecular weight is 269 g/mol. The number of benzene rings is 1. The van der Waals surface area contributed by atoms with Gasteiger partial charge in [-0.2, -0.15) is 0 Å². The Kier molecular flexibility index (Phi) is 2.48. The molecule has 3 heterocycles. The topological polar surface area (TPSA) is 53.9 Å². The Balaban J connectivity index is 1.75. The van der Waals surface area contributed by atoms with Gasteiger partial charge in [-0.15, -0.1) is 10.2 Å². The van der Waals surface area contributed by atoms with Gasteiger partial charge in [0.2, 0.25) is 5.95 Å². The Morgan fingerprint density at radius 2 is 1.95 bits per heavy atom. The van der Waals surface area contributed by atoms with E-state index in [9.17, 15) is 0 Å². The molecule has 1 aromatic carbocycles. The molecule has 5 nitrogen and oxygen atoms in total. The third kappa shape index (κ3) is 1.62. The maximum Gasteiger partial charge on any atom is 0.246 e. The van der Waals surface area contributed by atoms with Gasteiger partial charge in [-0.05, 0) is 37.8 Å². The van der Waals surface area contributed by atoms with Gasteiger partial charge in [0.25, 0.3) is 0 Å². The van der Waals surface area contributed by atoms with E-state index in [1.807, 2.05) is 24.3 Å². The van der Waals surface area contributed by atoms with E-state index >= 15 is 0 Å². The van der Waals surface area contributed by atoms with Crippen LogP contribution in [-0.4, -0.2) is 40.4 Å². The normalized spacial score (nSPS) is 28.0. The monoisotopic (exact) mass is 269 g/mol. The summed E-state index contributed by atoms with van der Waals surface area (Å²) in [6.07, 6.45) is 0. The molecule has 1 N–H and O–H groups in total. The van der Waals surface area contributed by atoms with Crippen molar-refractivity contribution in [3.63, 3.8) is 0 Å².